The third-order valence-electron chi connectivity index (χ3n) is 2.64. The van der Waals surface area contributed by atoms with Crippen molar-refractivity contribution in [3.05, 3.63) is 53.9 Å². The number of hydrogen-bond donors (Lipinski definition) is 0. The number of Topliss-reactive ketones (excluding diaryl/α,β-unsaturated/α-hetero) is 1. The molecule has 4 nitrogen and oxygen atoms in total. The lowest BCUT2D eigenvalue weighted by atomic mass is 10.2. The molecule has 0 atom stereocenters. The maximum atomic E-state index is 11.1. The predicted octanol–water partition coefficient (Wildman–Crippen LogP) is 2.87. The zero-order valence-electron chi connectivity index (χ0n) is 10.9. The van der Waals surface area contributed by atoms with Crippen LogP contribution in [0.5, 0.6) is 11.5 Å². The summed E-state index contributed by atoms with van der Waals surface area (Å²) in [5.74, 6) is 1.37. The van der Waals surface area contributed by atoms with E-state index in [2.05, 4.69) is 4.98 Å². The quantitative estimate of drug-likeness (QED) is 0.773. The Bertz CT molecular complexity index is 564. The Morgan fingerprint density at radius 3 is 2.68 bits per heavy atom. The molecule has 2 rings (SSSR count). The molecular formula is C15H15NO3. The fourth-order valence-corrected chi connectivity index (χ4v) is 1.60. The Morgan fingerprint density at radius 2 is 2.05 bits per heavy atom. The van der Waals surface area contributed by atoms with Crippen molar-refractivity contribution in [2.75, 3.05) is 7.11 Å². The molecule has 0 aliphatic carbocycles. The van der Waals surface area contributed by atoms with Crippen molar-refractivity contribution in [1.82, 2.24) is 4.98 Å². The number of hydrogen-bond acceptors (Lipinski definition) is 4. The summed E-state index contributed by atoms with van der Waals surface area (Å²) in [6.07, 6.45) is 1.55. The summed E-state index contributed by atoms with van der Waals surface area (Å²) < 4.78 is 10.7. The summed E-state index contributed by atoms with van der Waals surface area (Å²) in [5.41, 5.74) is 1.45. The molecule has 1 aromatic carbocycles. The second kappa shape index (κ2) is 6.00. The average Bonchev–Trinajstić information content (AvgIpc) is 2.46. The van der Waals surface area contributed by atoms with Gasteiger partial charge in [-0.1, -0.05) is 12.1 Å². The average molecular weight is 257 g/mol. The Kier molecular flexibility index (Phi) is 4.13. The summed E-state index contributed by atoms with van der Waals surface area (Å²) in [7, 11) is 1.63. The first kappa shape index (κ1) is 13.1. The van der Waals surface area contributed by atoms with Crippen LogP contribution in [-0.4, -0.2) is 17.9 Å². The number of nitrogens with zero attached hydrogens (tertiary/aromatic N) is 1. The molecule has 1 aromatic heterocycles. The molecular weight excluding hydrogens is 242 g/mol. The largest absolute Gasteiger partial charge is 0.497 e. The molecule has 4 heteroatoms. The van der Waals surface area contributed by atoms with Crippen molar-refractivity contribution >= 4 is 5.78 Å². The van der Waals surface area contributed by atoms with Crippen LogP contribution in [0.2, 0.25) is 0 Å². The van der Waals surface area contributed by atoms with E-state index in [9.17, 15) is 4.79 Å². The number of aromatic nitrogens is 1. The highest BCUT2D eigenvalue weighted by molar-refractivity contribution is 5.92. The van der Waals surface area contributed by atoms with Gasteiger partial charge in [0.05, 0.1) is 13.3 Å². The molecule has 98 valence electrons. The molecule has 0 aliphatic rings. The van der Waals surface area contributed by atoms with Gasteiger partial charge < -0.3 is 9.47 Å². The maximum Gasteiger partial charge on any atom is 0.178 e. The van der Waals surface area contributed by atoms with Gasteiger partial charge in [0.25, 0.3) is 0 Å². The third kappa shape index (κ3) is 3.55. The van der Waals surface area contributed by atoms with Crippen LogP contribution >= 0.6 is 0 Å². The van der Waals surface area contributed by atoms with Gasteiger partial charge in [-0.05, 0) is 29.8 Å². The zero-order chi connectivity index (χ0) is 13.7. The lowest BCUT2D eigenvalue weighted by Crippen LogP contribution is -1.99. The van der Waals surface area contributed by atoms with E-state index in [4.69, 9.17) is 9.47 Å². The van der Waals surface area contributed by atoms with E-state index < -0.39 is 0 Å². The molecule has 0 N–H and O–H groups in total. The molecule has 0 fully saturated rings. The monoisotopic (exact) mass is 257 g/mol. The van der Waals surface area contributed by atoms with Crippen LogP contribution in [0, 0.1) is 0 Å². The van der Waals surface area contributed by atoms with Gasteiger partial charge in [-0.2, -0.15) is 0 Å². The molecule has 0 amide bonds. The molecule has 1 heterocycles. The van der Waals surface area contributed by atoms with E-state index in [-0.39, 0.29) is 5.78 Å². The van der Waals surface area contributed by atoms with E-state index >= 15 is 0 Å². The van der Waals surface area contributed by atoms with Gasteiger partial charge >= 0.3 is 0 Å². The maximum absolute atomic E-state index is 11.1. The minimum absolute atomic E-state index is 0.0562. The summed E-state index contributed by atoms with van der Waals surface area (Å²) in [6, 6.07) is 11.1. The van der Waals surface area contributed by atoms with E-state index in [0.717, 1.165) is 11.3 Å². The minimum atomic E-state index is -0.0562. The first-order valence-corrected chi connectivity index (χ1v) is 5.92. The smallest absolute Gasteiger partial charge is 0.178 e. The van der Waals surface area contributed by atoms with Gasteiger partial charge in [0.15, 0.2) is 5.78 Å². The van der Waals surface area contributed by atoms with Gasteiger partial charge in [-0.15, -0.1) is 0 Å². The molecule has 0 radical (unpaired) electrons. The number of carbonyl (C=O) groups excluding carboxylic acids is 1. The standard InChI is InChI=1S/C15H15NO3/c1-11(17)15-7-6-14(9-16-15)19-10-12-4-3-5-13(8-12)18-2/h3-9H,10H2,1-2H3. The van der Waals surface area contributed by atoms with Crippen LogP contribution in [0.25, 0.3) is 0 Å². The van der Waals surface area contributed by atoms with Crippen molar-refractivity contribution in [2.45, 2.75) is 13.5 Å². The summed E-state index contributed by atoms with van der Waals surface area (Å²) in [6.45, 7) is 1.91. The van der Waals surface area contributed by atoms with Gasteiger partial charge in [0.1, 0.15) is 23.8 Å². The topological polar surface area (TPSA) is 48.4 Å². The molecule has 0 saturated heterocycles. The third-order valence-corrected chi connectivity index (χ3v) is 2.64. The number of pyridine rings is 1. The SMILES string of the molecule is COc1cccc(COc2ccc(C(C)=O)nc2)c1. The molecule has 0 bridgehead atoms. The van der Waals surface area contributed by atoms with Crippen molar-refractivity contribution in [2.24, 2.45) is 0 Å². The van der Waals surface area contributed by atoms with E-state index in [1.807, 2.05) is 24.3 Å². The minimum Gasteiger partial charge on any atom is -0.497 e. The molecule has 0 saturated carbocycles. The lowest BCUT2D eigenvalue weighted by Gasteiger charge is -2.07. The summed E-state index contributed by atoms with van der Waals surface area (Å²) >= 11 is 0. The summed E-state index contributed by atoms with van der Waals surface area (Å²) in [5, 5.41) is 0. The number of ether oxygens (including phenoxy) is 2. The van der Waals surface area contributed by atoms with E-state index in [1.165, 1.54) is 6.92 Å². The molecule has 0 spiro atoms. The first-order chi connectivity index (χ1) is 9.19. The normalized spacial score (nSPS) is 10.0. The first-order valence-electron chi connectivity index (χ1n) is 5.92. The highest BCUT2D eigenvalue weighted by atomic mass is 16.5. The number of carbonyl (C=O) groups is 1. The van der Waals surface area contributed by atoms with Gasteiger partial charge in [-0.25, -0.2) is 4.98 Å². The number of ketones is 1. The number of methoxy groups -OCH3 is 1. The van der Waals surface area contributed by atoms with Crippen LogP contribution < -0.4 is 9.47 Å². The Morgan fingerprint density at radius 1 is 1.21 bits per heavy atom. The fourth-order valence-electron chi connectivity index (χ4n) is 1.60. The second-order valence-corrected chi connectivity index (χ2v) is 4.08. The highest BCUT2D eigenvalue weighted by Crippen LogP contribution is 2.16. The number of benzene rings is 1. The highest BCUT2D eigenvalue weighted by Gasteiger charge is 2.02. The lowest BCUT2D eigenvalue weighted by molar-refractivity contribution is 0.101. The molecule has 0 unspecified atom stereocenters. The Balaban J connectivity index is 1.99. The van der Waals surface area contributed by atoms with Crippen molar-refractivity contribution in [1.29, 1.82) is 0 Å². The zero-order valence-corrected chi connectivity index (χ0v) is 10.9. The molecule has 19 heavy (non-hydrogen) atoms. The van der Waals surface area contributed by atoms with Gasteiger partial charge in [0, 0.05) is 6.92 Å². The molecule has 0 aliphatic heterocycles. The van der Waals surface area contributed by atoms with E-state index in [1.54, 1.807) is 25.4 Å². The van der Waals surface area contributed by atoms with Crippen molar-refractivity contribution in [3.8, 4) is 11.5 Å². The predicted molar refractivity (Wildman–Crippen MR) is 71.6 cm³/mol. The van der Waals surface area contributed by atoms with Crippen molar-refractivity contribution < 1.29 is 14.3 Å². The van der Waals surface area contributed by atoms with Gasteiger partial charge in [-0.3, -0.25) is 4.79 Å². The molecule has 2 aromatic rings. The van der Waals surface area contributed by atoms with Crippen LogP contribution in [-0.2, 0) is 6.61 Å². The van der Waals surface area contributed by atoms with Crippen LogP contribution in [0.15, 0.2) is 42.6 Å². The van der Waals surface area contributed by atoms with E-state index in [0.29, 0.717) is 18.1 Å². The number of rotatable bonds is 5. The summed E-state index contributed by atoms with van der Waals surface area (Å²) in [4.78, 5) is 15.1. The van der Waals surface area contributed by atoms with Crippen molar-refractivity contribution in [3.63, 3.8) is 0 Å². The second-order valence-electron chi connectivity index (χ2n) is 4.08. The Labute approximate surface area is 112 Å². The van der Waals surface area contributed by atoms with Crippen LogP contribution in [0.1, 0.15) is 23.0 Å². The van der Waals surface area contributed by atoms with Crippen LogP contribution in [0.3, 0.4) is 0 Å². The van der Waals surface area contributed by atoms with Crippen LogP contribution in [0.4, 0.5) is 0 Å². The van der Waals surface area contributed by atoms with Gasteiger partial charge in [0.2, 0.25) is 0 Å². The Hall–Kier alpha value is -2.36. The fraction of sp³-hybridized carbons (Fsp3) is 0.200.